The fourth-order valence-electron chi connectivity index (χ4n) is 2.16. The molecule has 0 bridgehead atoms. The van der Waals surface area contributed by atoms with Gasteiger partial charge < -0.3 is 14.6 Å². The highest BCUT2D eigenvalue weighted by molar-refractivity contribution is 5.60. The number of benzene rings is 1. The topological polar surface area (TPSA) is 80.3 Å². The van der Waals surface area contributed by atoms with E-state index in [1.807, 2.05) is 0 Å². The van der Waals surface area contributed by atoms with Crippen molar-refractivity contribution in [3.63, 3.8) is 0 Å². The maximum Gasteiger partial charge on any atom is 0.181 e. The third-order valence-electron chi connectivity index (χ3n) is 3.18. The van der Waals surface area contributed by atoms with Crippen LogP contribution >= 0.6 is 0 Å². The van der Waals surface area contributed by atoms with Gasteiger partial charge in [0, 0.05) is 12.2 Å². The van der Waals surface area contributed by atoms with Crippen molar-refractivity contribution in [1.29, 1.82) is 0 Å². The second-order valence-electron chi connectivity index (χ2n) is 4.43. The number of aromatic nitrogens is 3. The molecule has 2 N–H and O–H groups in total. The van der Waals surface area contributed by atoms with Gasteiger partial charge in [-0.05, 0) is 31.0 Å². The largest absolute Gasteiger partial charge is 0.504 e. The molecule has 0 saturated carbocycles. The Balaban J connectivity index is 1.89. The maximum absolute atomic E-state index is 9.57. The van der Waals surface area contributed by atoms with Crippen molar-refractivity contribution >= 4 is 0 Å². The summed E-state index contributed by atoms with van der Waals surface area (Å²) in [5.41, 5.74) is 0.787. The number of phenolic OH excluding ortho intramolecular Hbond substituents is 1. The summed E-state index contributed by atoms with van der Waals surface area (Å²) in [6.45, 7) is 0.772. The third-order valence-corrected chi connectivity index (χ3v) is 3.18. The summed E-state index contributed by atoms with van der Waals surface area (Å²) in [5.74, 6) is 1.82. The highest BCUT2D eigenvalue weighted by Gasteiger charge is 2.21. The molecule has 0 radical (unpaired) electrons. The number of hydrogen-bond acceptors (Lipinski definition) is 5. The quantitative estimate of drug-likeness (QED) is 0.883. The minimum atomic E-state index is 0.0141. The minimum Gasteiger partial charge on any atom is -0.504 e. The first kappa shape index (κ1) is 12.0. The van der Waals surface area contributed by atoms with Crippen LogP contribution in [0.4, 0.5) is 0 Å². The van der Waals surface area contributed by atoms with E-state index >= 15 is 0 Å². The Hall–Kier alpha value is -2.08. The number of nitrogens with one attached hydrogen (secondary N) is 1. The van der Waals surface area contributed by atoms with E-state index in [0.29, 0.717) is 11.6 Å². The number of aromatic hydroxyl groups is 1. The third kappa shape index (κ3) is 2.26. The molecule has 19 heavy (non-hydrogen) atoms. The normalized spacial score (nSPS) is 18.7. The van der Waals surface area contributed by atoms with Crippen LogP contribution in [0.1, 0.15) is 24.8 Å². The molecule has 2 heterocycles. The van der Waals surface area contributed by atoms with Crippen LogP contribution in [0.2, 0.25) is 0 Å². The number of H-pyrrole nitrogens is 1. The van der Waals surface area contributed by atoms with E-state index in [9.17, 15) is 5.11 Å². The molecular formula is C13H15N3O3. The molecule has 1 aliphatic rings. The van der Waals surface area contributed by atoms with E-state index in [1.165, 1.54) is 7.11 Å². The molecule has 2 aromatic rings. The lowest BCUT2D eigenvalue weighted by molar-refractivity contribution is 0.105. The summed E-state index contributed by atoms with van der Waals surface area (Å²) in [6.07, 6.45) is 2.03. The van der Waals surface area contributed by atoms with Gasteiger partial charge in [-0.2, -0.15) is 5.10 Å². The van der Waals surface area contributed by atoms with Crippen molar-refractivity contribution < 1.29 is 14.6 Å². The Morgan fingerprint density at radius 2 is 2.37 bits per heavy atom. The SMILES string of the molecule is COc1cc(-c2n[nH]c(C3CCCO3)n2)ccc1O. The van der Waals surface area contributed by atoms with E-state index in [1.54, 1.807) is 18.2 Å². The number of ether oxygens (including phenoxy) is 2. The van der Waals surface area contributed by atoms with Gasteiger partial charge in [-0.25, -0.2) is 4.98 Å². The number of nitrogens with zero attached hydrogens (tertiary/aromatic N) is 2. The van der Waals surface area contributed by atoms with Gasteiger partial charge in [0.2, 0.25) is 0 Å². The van der Waals surface area contributed by atoms with Gasteiger partial charge in [-0.3, -0.25) is 5.10 Å². The Kier molecular flexibility index (Phi) is 3.08. The van der Waals surface area contributed by atoms with E-state index in [2.05, 4.69) is 15.2 Å². The summed E-state index contributed by atoms with van der Waals surface area (Å²) in [4.78, 5) is 4.44. The molecule has 0 spiro atoms. The van der Waals surface area contributed by atoms with Gasteiger partial charge in [0.25, 0.3) is 0 Å². The molecule has 3 rings (SSSR count). The van der Waals surface area contributed by atoms with Crippen LogP contribution in [0.15, 0.2) is 18.2 Å². The summed E-state index contributed by atoms with van der Waals surface area (Å²) in [5, 5.41) is 16.7. The Bertz CT molecular complexity index is 576. The van der Waals surface area contributed by atoms with E-state index in [-0.39, 0.29) is 11.9 Å². The average Bonchev–Trinajstić information content (AvgIpc) is 3.10. The molecule has 100 valence electrons. The number of hydrogen-bond donors (Lipinski definition) is 2. The average molecular weight is 261 g/mol. The zero-order valence-corrected chi connectivity index (χ0v) is 10.6. The van der Waals surface area contributed by atoms with E-state index in [0.717, 1.165) is 30.8 Å². The summed E-state index contributed by atoms with van der Waals surface area (Å²) in [7, 11) is 1.51. The van der Waals surface area contributed by atoms with Crippen LogP contribution in [-0.2, 0) is 4.74 Å². The molecule has 6 heteroatoms. The number of aromatic amines is 1. The number of methoxy groups -OCH3 is 1. The molecular weight excluding hydrogens is 246 g/mol. The lowest BCUT2D eigenvalue weighted by atomic mass is 10.2. The van der Waals surface area contributed by atoms with Crippen LogP contribution in [0.5, 0.6) is 11.5 Å². The Morgan fingerprint density at radius 3 is 3.11 bits per heavy atom. The van der Waals surface area contributed by atoms with Crippen molar-refractivity contribution in [1.82, 2.24) is 15.2 Å². The molecule has 1 aromatic carbocycles. The highest BCUT2D eigenvalue weighted by Crippen LogP contribution is 2.31. The molecule has 0 amide bonds. The molecule has 1 saturated heterocycles. The predicted molar refractivity (Wildman–Crippen MR) is 68.0 cm³/mol. The van der Waals surface area contributed by atoms with Gasteiger partial charge >= 0.3 is 0 Å². The number of rotatable bonds is 3. The lowest BCUT2D eigenvalue weighted by Crippen LogP contribution is -1.98. The zero-order valence-electron chi connectivity index (χ0n) is 10.6. The highest BCUT2D eigenvalue weighted by atomic mass is 16.5. The zero-order chi connectivity index (χ0) is 13.2. The van der Waals surface area contributed by atoms with Crippen molar-refractivity contribution in [3.8, 4) is 22.9 Å². The first-order chi connectivity index (χ1) is 9.28. The Morgan fingerprint density at radius 1 is 1.47 bits per heavy atom. The molecule has 0 aliphatic carbocycles. The molecule has 1 unspecified atom stereocenters. The van der Waals surface area contributed by atoms with Gasteiger partial charge in [-0.15, -0.1) is 0 Å². The second-order valence-corrected chi connectivity index (χ2v) is 4.43. The van der Waals surface area contributed by atoms with Crippen molar-refractivity contribution in [2.45, 2.75) is 18.9 Å². The van der Waals surface area contributed by atoms with Crippen LogP contribution in [0, 0.1) is 0 Å². The maximum atomic E-state index is 9.57. The van der Waals surface area contributed by atoms with Crippen molar-refractivity contribution in [2.24, 2.45) is 0 Å². The number of phenols is 1. The van der Waals surface area contributed by atoms with E-state index < -0.39 is 0 Å². The molecule has 1 atom stereocenters. The summed E-state index contributed by atoms with van der Waals surface area (Å²) >= 11 is 0. The first-order valence-corrected chi connectivity index (χ1v) is 6.19. The van der Waals surface area contributed by atoms with Crippen LogP contribution in [0.25, 0.3) is 11.4 Å². The summed E-state index contributed by atoms with van der Waals surface area (Å²) < 4.78 is 10.6. The van der Waals surface area contributed by atoms with Gasteiger partial charge in [0.1, 0.15) is 6.10 Å². The molecule has 1 aromatic heterocycles. The summed E-state index contributed by atoms with van der Waals surface area (Å²) in [6, 6.07) is 5.02. The van der Waals surface area contributed by atoms with Crippen molar-refractivity contribution in [3.05, 3.63) is 24.0 Å². The Labute approximate surface area is 110 Å². The van der Waals surface area contributed by atoms with Gasteiger partial charge in [0.05, 0.1) is 7.11 Å². The fraction of sp³-hybridized carbons (Fsp3) is 0.385. The predicted octanol–water partition coefficient (Wildman–Crippen LogP) is 2.04. The first-order valence-electron chi connectivity index (χ1n) is 6.19. The second kappa shape index (κ2) is 4.89. The fourth-order valence-corrected chi connectivity index (χ4v) is 2.16. The van der Waals surface area contributed by atoms with E-state index in [4.69, 9.17) is 9.47 Å². The lowest BCUT2D eigenvalue weighted by Gasteiger charge is -2.04. The smallest absolute Gasteiger partial charge is 0.181 e. The van der Waals surface area contributed by atoms with Gasteiger partial charge in [0.15, 0.2) is 23.1 Å². The van der Waals surface area contributed by atoms with Crippen LogP contribution < -0.4 is 4.74 Å². The van der Waals surface area contributed by atoms with Crippen LogP contribution in [-0.4, -0.2) is 34.0 Å². The van der Waals surface area contributed by atoms with Crippen molar-refractivity contribution in [2.75, 3.05) is 13.7 Å². The molecule has 1 aliphatic heterocycles. The molecule has 1 fully saturated rings. The monoisotopic (exact) mass is 261 g/mol. The van der Waals surface area contributed by atoms with Gasteiger partial charge in [-0.1, -0.05) is 0 Å². The standard InChI is InChI=1S/C13H15N3O3/c1-18-11-7-8(4-5-9(11)17)12-14-13(16-15-12)10-3-2-6-19-10/h4-5,7,10,17H,2-3,6H2,1H3,(H,14,15,16). The minimum absolute atomic E-state index is 0.0141. The molecule has 6 nitrogen and oxygen atoms in total. The van der Waals surface area contributed by atoms with Crippen LogP contribution in [0.3, 0.4) is 0 Å².